The molecule has 0 saturated heterocycles. The van der Waals surface area contributed by atoms with E-state index in [4.69, 9.17) is 5.11 Å². The first-order chi connectivity index (χ1) is 4.60. The standard InChI is InChI=1S/C6H9FO2S/c7-4-1-6(4,3-10)2-5(8)9/h4,10H,1-3H2,(H,8,9)/t4-,6+/m0/s1. The van der Waals surface area contributed by atoms with Gasteiger partial charge in [-0.3, -0.25) is 4.79 Å². The van der Waals surface area contributed by atoms with Crippen molar-refractivity contribution in [2.75, 3.05) is 5.75 Å². The maximum absolute atomic E-state index is 12.5. The molecule has 1 fully saturated rings. The number of alkyl halides is 1. The molecule has 0 bridgehead atoms. The largest absolute Gasteiger partial charge is 0.481 e. The second kappa shape index (κ2) is 2.42. The van der Waals surface area contributed by atoms with Crippen LogP contribution in [0, 0.1) is 5.41 Å². The molecule has 0 radical (unpaired) electrons. The Hall–Kier alpha value is -0.250. The van der Waals surface area contributed by atoms with Gasteiger partial charge in [0.2, 0.25) is 0 Å². The lowest BCUT2D eigenvalue weighted by Gasteiger charge is -2.06. The highest BCUT2D eigenvalue weighted by Gasteiger charge is 2.55. The molecule has 10 heavy (non-hydrogen) atoms. The second-order valence-corrected chi connectivity index (χ2v) is 3.08. The molecule has 1 N–H and O–H groups in total. The van der Waals surface area contributed by atoms with E-state index < -0.39 is 17.6 Å². The van der Waals surface area contributed by atoms with Gasteiger partial charge in [0, 0.05) is 5.41 Å². The smallest absolute Gasteiger partial charge is 0.304 e. The molecular formula is C6H9FO2S. The van der Waals surface area contributed by atoms with E-state index in [-0.39, 0.29) is 6.42 Å². The summed E-state index contributed by atoms with van der Waals surface area (Å²) in [4.78, 5) is 10.2. The Morgan fingerprint density at radius 1 is 1.90 bits per heavy atom. The molecule has 1 aliphatic carbocycles. The van der Waals surface area contributed by atoms with Crippen molar-refractivity contribution in [1.29, 1.82) is 0 Å². The van der Waals surface area contributed by atoms with Crippen LogP contribution in [0.1, 0.15) is 12.8 Å². The number of aliphatic carboxylic acids is 1. The molecule has 0 aliphatic heterocycles. The average molecular weight is 164 g/mol. The zero-order valence-corrected chi connectivity index (χ0v) is 6.27. The fourth-order valence-electron chi connectivity index (χ4n) is 1.00. The third-order valence-corrected chi connectivity index (χ3v) is 2.54. The summed E-state index contributed by atoms with van der Waals surface area (Å²) in [7, 11) is 0. The van der Waals surface area contributed by atoms with Gasteiger partial charge in [0.1, 0.15) is 6.17 Å². The molecule has 0 heterocycles. The topological polar surface area (TPSA) is 37.3 Å². The van der Waals surface area contributed by atoms with E-state index in [2.05, 4.69) is 12.6 Å². The monoisotopic (exact) mass is 164 g/mol. The van der Waals surface area contributed by atoms with Gasteiger partial charge in [0.25, 0.3) is 0 Å². The quantitative estimate of drug-likeness (QED) is 0.613. The molecule has 2 atom stereocenters. The molecule has 0 spiro atoms. The third-order valence-electron chi connectivity index (χ3n) is 1.91. The van der Waals surface area contributed by atoms with Crippen molar-refractivity contribution in [2.45, 2.75) is 19.0 Å². The molecule has 0 aromatic carbocycles. The van der Waals surface area contributed by atoms with Gasteiger partial charge in [-0.05, 0) is 12.2 Å². The van der Waals surface area contributed by atoms with Crippen LogP contribution in [-0.4, -0.2) is 23.0 Å². The van der Waals surface area contributed by atoms with Gasteiger partial charge in [0.05, 0.1) is 6.42 Å². The number of hydrogen-bond acceptors (Lipinski definition) is 2. The van der Waals surface area contributed by atoms with Gasteiger partial charge in [-0.25, -0.2) is 4.39 Å². The van der Waals surface area contributed by atoms with Gasteiger partial charge in [-0.2, -0.15) is 12.6 Å². The molecule has 1 saturated carbocycles. The summed E-state index contributed by atoms with van der Waals surface area (Å²) in [6.07, 6.45) is -0.665. The summed E-state index contributed by atoms with van der Waals surface area (Å²) in [5.74, 6) is -0.602. The van der Waals surface area contributed by atoms with Gasteiger partial charge in [0.15, 0.2) is 0 Å². The molecule has 1 aliphatic rings. The van der Waals surface area contributed by atoms with E-state index in [9.17, 15) is 9.18 Å². The minimum Gasteiger partial charge on any atom is -0.481 e. The predicted molar refractivity (Wildman–Crippen MR) is 38.1 cm³/mol. The SMILES string of the molecule is O=C(O)C[C@@]1(CS)C[C@@H]1F. The highest BCUT2D eigenvalue weighted by molar-refractivity contribution is 7.80. The maximum atomic E-state index is 12.5. The Labute approximate surface area is 63.8 Å². The Morgan fingerprint density at radius 2 is 2.40 bits per heavy atom. The van der Waals surface area contributed by atoms with Crippen LogP contribution in [0.2, 0.25) is 0 Å². The number of carbonyl (C=O) groups is 1. The predicted octanol–water partition coefficient (Wildman–Crippen LogP) is 1.12. The summed E-state index contributed by atoms with van der Waals surface area (Å²) < 4.78 is 12.5. The summed E-state index contributed by atoms with van der Waals surface area (Å²) in [5.41, 5.74) is -0.630. The normalized spacial score (nSPS) is 37.6. The number of carboxylic acids is 1. The van der Waals surface area contributed by atoms with E-state index in [0.717, 1.165) is 0 Å². The van der Waals surface area contributed by atoms with Crippen LogP contribution in [-0.2, 0) is 4.79 Å². The lowest BCUT2D eigenvalue weighted by Crippen LogP contribution is -2.13. The van der Waals surface area contributed by atoms with Gasteiger partial charge in [-0.1, -0.05) is 0 Å². The molecular weight excluding hydrogens is 155 g/mol. The minimum absolute atomic E-state index is 0.0856. The number of rotatable bonds is 3. The van der Waals surface area contributed by atoms with Crippen molar-refractivity contribution in [3.8, 4) is 0 Å². The molecule has 2 nitrogen and oxygen atoms in total. The van der Waals surface area contributed by atoms with Crippen LogP contribution in [0.5, 0.6) is 0 Å². The van der Waals surface area contributed by atoms with Crippen LogP contribution in [0.15, 0.2) is 0 Å². The minimum atomic E-state index is -0.943. The first kappa shape index (κ1) is 7.85. The van der Waals surface area contributed by atoms with Crippen LogP contribution in [0.25, 0.3) is 0 Å². The maximum Gasteiger partial charge on any atom is 0.304 e. The van der Waals surface area contributed by atoms with Gasteiger partial charge < -0.3 is 5.11 Å². The van der Waals surface area contributed by atoms with E-state index in [1.807, 2.05) is 0 Å². The molecule has 58 valence electrons. The van der Waals surface area contributed by atoms with E-state index >= 15 is 0 Å². The van der Waals surface area contributed by atoms with E-state index in [0.29, 0.717) is 12.2 Å². The third kappa shape index (κ3) is 1.26. The summed E-state index contributed by atoms with van der Waals surface area (Å²) in [5, 5.41) is 8.34. The van der Waals surface area contributed by atoms with Crippen LogP contribution >= 0.6 is 12.6 Å². The van der Waals surface area contributed by atoms with Crippen LogP contribution < -0.4 is 0 Å². The van der Waals surface area contributed by atoms with E-state index in [1.54, 1.807) is 0 Å². The zero-order valence-electron chi connectivity index (χ0n) is 5.38. The summed E-state index contributed by atoms with van der Waals surface area (Å²) in [6.45, 7) is 0. The fourth-order valence-corrected chi connectivity index (χ4v) is 1.44. The van der Waals surface area contributed by atoms with Crippen molar-refractivity contribution in [2.24, 2.45) is 5.41 Å². The summed E-state index contributed by atoms with van der Waals surface area (Å²) >= 11 is 3.89. The van der Waals surface area contributed by atoms with Crippen molar-refractivity contribution >= 4 is 18.6 Å². The summed E-state index contributed by atoms with van der Waals surface area (Å²) in [6, 6.07) is 0. The Morgan fingerprint density at radius 3 is 2.50 bits per heavy atom. The number of thiol groups is 1. The van der Waals surface area contributed by atoms with Crippen molar-refractivity contribution in [3.05, 3.63) is 0 Å². The highest BCUT2D eigenvalue weighted by Crippen LogP contribution is 2.52. The first-order valence-corrected chi connectivity index (χ1v) is 3.71. The van der Waals surface area contributed by atoms with Crippen molar-refractivity contribution < 1.29 is 14.3 Å². The van der Waals surface area contributed by atoms with Crippen molar-refractivity contribution in [3.63, 3.8) is 0 Å². The molecule has 0 aromatic rings. The molecule has 0 amide bonds. The highest BCUT2D eigenvalue weighted by atomic mass is 32.1. The molecule has 1 rings (SSSR count). The zero-order chi connectivity index (χ0) is 7.78. The molecule has 4 heteroatoms. The lowest BCUT2D eigenvalue weighted by molar-refractivity contribution is -0.138. The Bertz CT molecular complexity index is 158. The van der Waals surface area contributed by atoms with Gasteiger partial charge >= 0.3 is 5.97 Å². The van der Waals surface area contributed by atoms with Gasteiger partial charge in [-0.15, -0.1) is 0 Å². The molecule has 0 unspecified atom stereocenters. The Balaban J connectivity index is 2.45. The molecule has 0 aromatic heterocycles. The Kier molecular flexibility index (Phi) is 1.90. The number of halogens is 1. The second-order valence-electron chi connectivity index (χ2n) is 2.76. The van der Waals surface area contributed by atoms with E-state index in [1.165, 1.54) is 0 Å². The lowest BCUT2D eigenvalue weighted by atomic mass is 10.1. The fraction of sp³-hybridized carbons (Fsp3) is 0.833. The average Bonchev–Trinajstić information content (AvgIpc) is 2.42. The van der Waals surface area contributed by atoms with Crippen LogP contribution in [0.4, 0.5) is 4.39 Å². The number of hydrogen-bond donors (Lipinski definition) is 2. The number of carboxylic acid groups (broad SMARTS) is 1. The first-order valence-electron chi connectivity index (χ1n) is 3.07. The van der Waals surface area contributed by atoms with Crippen LogP contribution in [0.3, 0.4) is 0 Å². The van der Waals surface area contributed by atoms with Crippen molar-refractivity contribution in [1.82, 2.24) is 0 Å².